The van der Waals surface area contributed by atoms with E-state index < -0.39 is 9.84 Å². The van der Waals surface area contributed by atoms with E-state index in [9.17, 15) is 17.6 Å². The van der Waals surface area contributed by atoms with Crippen LogP contribution < -0.4 is 5.32 Å². The van der Waals surface area contributed by atoms with Gasteiger partial charge in [-0.25, -0.2) is 12.8 Å². The lowest BCUT2D eigenvalue weighted by Gasteiger charge is -2.12. The Labute approximate surface area is 157 Å². The number of rotatable bonds is 6. The molecule has 2 aromatic carbocycles. The molecule has 1 saturated heterocycles. The highest BCUT2D eigenvalue weighted by atomic mass is 32.2. The van der Waals surface area contributed by atoms with Crippen LogP contribution in [0.15, 0.2) is 53.4 Å². The smallest absolute Gasteiger partial charge is 0.252 e. The van der Waals surface area contributed by atoms with Crippen molar-refractivity contribution in [3.63, 3.8) is 0 Å². The molecule has 0 saturated carbocycles. The molecule has 138 valence electrons. The van der Waals surface area contributed by atoms with Crippen LogP contribution in [-0.2, 0) is 16.3 Å². The number of amides is 1. The Morgan fingerprint density at radius 2 is 1.88 bits per heavy atom. The van der Waals surface area contributed by atoms with Gasteiger partial charge in [0.15, 0.2) is 9.84 Å². The van der Waals surface area contributed by atoms with Gasteiger partial charge in [0.05, 0.1) is 17.1 Å². The van der Waals surface area contributed by atoms with Gasteiger partial charge >= 0.3 is 0 Å². The molecule has 1 aliphatic heterocycles. The predicted molar refractivity (Wildman–Crippen MR) is 102 cm³/mol. The molecule has 1 aliphatic rings. The van der Waals surface area contributed by atoms with E-state index in [-0.39, 0.29) is 28.5 Å². The first kappa shape index (κ1) is 18.9. The fourth-order valence-electron chi connectivity index (χ4n) is 2.86. The fraction of sp³-hybridized carbons (Fsp3) is 0.316. The largest absolute Gasteiger partial charge is 0.352 e. The van der Waals surface area contributed by atoms with Crippen molar-refractivity contribution in [2.75, 3.05) is 18.1 Å². The average Bonchev–Trinajstić information content (AvgIpc) is 2.95. The summed E-state index contributed by atoms with van der Waals surface area (Å²) in [6, 6.07) is 13.4. The SMILES string of the molecule is O=C(NCCc1ccc(F)cc1)c1ccccc1S[C@@H]1CCS(=O)(=O)C1. The first-order valence-corrected chi connectivity index (χ1v) is 11.1. The molecule has 0 spiro atoms. The molecule has 1 fully saturated rings. The minimum absolute atomic E-state index is 0.00633. The van der Waals surface area contributed by atoms with Crippen LogP contribution in [0.5, 0.6) is 0 Å². The Hall–Kier alpha value is -1.86. The molecular weight excluding hydrogens is 373 g/mol. The number of benzene rings is 2. The molecule has 1 amide bonds. The highest BCUT2D eigenvalue weighted by molar-refractivity contribution is 8.02. The number of carbonyl (C=O) groups is 1. The zero-order valence-electron chi connectivity index (χ0n) is 14.2. The van der Waals surface area contributed by atoms with Crippen LogP contribution in [0.25, 0.3) is 0 Å². The lowest BCUT2D eigenvalue weighted by molar-refractivity contribution is 0.0951. The van der Waals surface area contributed by atoms with Crippen LogP contribution >= 0.6 is 11.8 Å². The first-order valence-electron chi connectivity index (χ1n) is 8.42. The Morgan fingerprint density at radius 3 is 2.58 bits per heavy atom. The van der Waals surface area contributed by atoms with Crippen molar-refractivity contribution < 1.29 is 17.6 Å². The van der Waals surface area contributed by atoms with Crippen molar-refractivity contribution >= 4 is 27.5 Å². The Balaban J connectivity index is 1.59. The summed E-state index contributed by atoms with van der Waals surface area (Å²) in [4.78, 5) is 13.3. The third-order valence-corrected chi connectivity index (χ3v) is 7.55. The van der Waals surface area contributed by atoms with Crippen molar-refractivity contribution in [3.8, 4) is 0 Å². The molecule has 7 heteroatoms. The maximum absolute atomic E-state index is 12.9. The number of nitrogens with one attached hydrogen (secondary N) is 1. The molecule has 0 aromatic heterocycles. The normalized spacial score (nSPS) is 18.6. The fourth-order valence-corrected chi connectivity index (χ4v) is 6.48. The van der Waals surface area contributed by atoms with Crippen LogP contribution in [0.2, 0.25) is 0 Å². The van der Waals surface area contributed by atoms with E-state index >= 15 is 0 Å². The van der Waals surface area contributed by atoms with Crippen molar-refractivity contribution in [2.24, 2.45) is 0 Å². The first-order chi connectivity index (χ1) is 12.4. The average molecular weight is 394 g/mol. The summed E-state index contributed by atoms with van der Waals surface area (Å²) in [5.41, 5.74) is 1.51. The third-order valence-electron chi connectivity index (χ3n) is 4.23. The van der Waals surface area contributed by atoms with Crippen molar-refractivity contribution in [1.29, 1.82) is 0 Å². The number of halogens is 1. The van der Waals surface area contributed by atoms with E-state index in [1.807, 2.05) is 12.1 Å². The van der Waals surface area contributed by atoms with Gasteiger partial charge < -0.3 is 5.32 Å². The lowest BCUT2D eigenvalue weighted by atomic mass is 10.1. The van der Waals surface area contributed by atoms with Gasteiger partial charge in [-0.3, -0.25) is 4.79 Å². The van der Waals surface area contributed by atoms with Gasteiger partial charge in [-0.2, -0.15) is 0 Å². The summed E-state index contributed by atoms with van der Waals surface area (Å²) in [5.74, 6) is -0.0803. The van der Waals surface area contributed by atoms with Gasteiger partial charge in [0.2, 0.25) is 0 Å². The zero-order chi connectivity index (χ0) is 18.6. The van der Waals surface area contributed by atoms with Crippen LogP contribution in [0, 0.1) is 5.82 Å². The summed E-state index contributed by atoms with van der Waals surface area (Å²) in [5, 5.41) is 2.87. The van der Waals surface area contributed by atoms with Gasteiger partial charge in [-0.15, -0.1) is 11.8 Å². The Kier molecular flexibility index (Phi) is 5.98. The Morgan fingerprint density at radius 1 is 1.15 bits per heavy atom. The summed E-state index contributed by atoms with van der Waals surface area (Å²) in [6.07, 6.45) is 1.23. The molecule has 3 rings (SSSR count). The minimum atomic E-state index is -2.94. The number of hydrogen-bond donors (Lipinski definition) is 1. The second-order valence-corrected chi connectivity index (χ2v) is 9.84. The summed E-state index contributed by atoms with van der Waals surface area (Å²) in [6.45, 7) is 0.446. The highest BCUT2D eigenvalue weighted by Gasteiger charge is 2.29. The monoisotopic (exact) mass is 393 g/mol. The molecule has 0 radical (unpaired) electrons. The van der Waals surface area contributed by atoms with Crippen molar-refractivity contribution in [1.82, 2.24) is 5.32 Å². The molecule has 4 nitrogen and oxygen atoms in total. The second kappa shape index (κ2) is 8.22. The van der Waals surface area contributed by atoms with E-state index in [0.717, 1.165) is 10.5 Å². The number of sulfone groups is 1. The van der Waals surface area contributed by atoms with Gasteiger partial charge in [0.1, 0.15) is 5.82 Å². The van der Waals surface area contributed by atoms with Crippen LogP contribution in [0.1, 0.15) is 22.3 Å². The van der Waals surface area contributed by atoms with E-state index in [1.54, 1.807) is 24.3 Å². The third kappa shape index (κ3) is 5.08. The standard InChI is InChI=1S/C19H20FNO3S2/c20-15-7-5-14(6-8-15)9-11-21-19(22)17-3-1-2-4-18(17)25-16-10-12-26(23,24)13-16/h1-8,16H,9-13H2,(H,21,22)/t16-/m1/s1. The van der Waals surface area contributed by atoms with Gasteiger partial charge in [-0.05, 0) is 42.7 Å². The van der Waals surface area contributed by atoms with Gasteiger partial charge in [0.25, 0.3) is 5.91 Å². The molecule has 26 heavy (non-hydrogen) atoms. The van der Waals surface area contributed by atoms with Gasteiger partial charge in [0, 0.05) is 16.7 Å². The molecule has 1 N–H and O–H groups in total. The minimum Gasteiger partial charge on any atom is -0.352 e. The van der Waals surface area contributed by atoms with E-state index in [2.05, 4.69) is 5.32 Å². The van der Waals surface area contributed by atoms with Crippen LogP contribution in [-0.4, -0.2) is 37.6 Å². The lowest BCUT2D eigenvalue weighted by Crippen LogP contribution is -2.26. The highest BCUT2D eigenvalue weighted by Crippen LogP contribution is 2.33. The topological polar surface area (TPSA) is 63.2 Å². The molecule has 1 heterocycles. The maximum atomic E-state index is 12.9. The Bertz CT molecular complexity index is 882. The summed E-state index contributed by atoms with van der Waals surface area (Å²) in [7, 11) is -2.94. The van der Waals surface area contributed by atoms with Crippen molar-refractivity contribution in [2.45, 2.75) is 23.0 Å². The number of carbonyl (C=O) groups excluding carboxylic acids is 1. The predicted octanol–water partition coefficient (Wildman–Crippen LogP) is 3.08. The molecule has 1 atom stereocenters. The van der Waals surface area contributed by atoms with Crippen LogP contribution in [0.3, 0.4) is 0 Å². The summed E-state index contributed by atoms with van der Waals surface area (Å²) < 4.78 is 36.2. The second-order valence-electron chi connectivity index (χ2n) is 6.27. The van der Waals surface area contributed by atoms with Gasteiger partial charge in [-0.1, -0.05) is 24.3 Å². The van der Waals surface area contributed by atoms with Crippen LogP contribution in [0.4, 0.5) is 4.39 Å². The van der Waals surface area contributed by atoms with Crippen molar-refractivity contribution in [3.05, 3.63) is 65.5 Å². The number of hydrogen-bond acceptors (Lipinski definition) is 4. The van der Waals surface area contributed by atoms with E-state index in [4.69, 9.17) is 0 Å². The molecule has 0 unspecified atom stereocenters. The van der Waals surface area contributed by atoms with E-state index in [0.29, 0.717) is 24.9 Å². The molecular formula is C19H20FNO3S2. The molecule has 0 bridgehead atoms. The summed E-state index contributed by atoms with van der Waals surface area (Å²) >= 11 is 1.46. The zero-order valence-corrected chi connectivity index (χ0v) is 15.8. The van der Waals surface area contributed by atoms with E-state index in [1.165, 1.54) is 23.9 Å². The molecule has 2 aromatic rings. The number of thioether (sulfide) groups is 1. The quantitative estimate of drug-likeness (QED) is 0.819. The maximum Gasteiger partial charge on any atom is 0.252 e. The molecule has 0 aliphatic carbocycles.